The molecule has 13 nitrogen and oxygen atoms in total. The van der Waals surface area contributed by atoms with Gasteiger partial charge in [-0.25, -0.2) is 0 Å². The molecule has 4 unspecified atom stereocenters. The number of likely N-dealkylation sites (tertiary alicyclic amines) is 1. The first-order valence-corrected chi connectivity index (χ1v) is 15.6. The molecule has 2 N–H and O–H groups in total. The molecule has 8 atom stereocenters. The highest BCUT2D eigenvalue weighted by molar-refractivity contribution is 6.06. The molecule has 242 valence electrons. The molecule has 5 heterocycles. The minimum atomic E-state index is -0.672. The Balaban J connectivity index is 1.06. The Bertz CT molecular complexity index is 1610. The Morgan fingerprint density at radius 1 is 0.913 bits per heavy atom. The van der Waals surface area contributed by atoms with Crippen LogP contribution in [0.25, 0.3) is 0 Å². The van der Waals surface area contributed by atoms with Crippen molar-refractivity contribution in [3.8, 4) is 28.7 Å². The number of imide groups is 1. The smallest absolute Gasteiger partial charge is 0.310 e. The summed E-state index contributed by atoms with van der Waals surface area (Å²) in [6.45, 7) is 0.297. The maximum Gasteiger partial charge on any atom is 0.310 e. The first-order chi connectivity index (χ1) is 22.3. The van der Waals surface area contributed by atoms with E-state index < -0.39 is 41.6 Å². The van der Waals surface area contributed by atoms with Gasteiger partial charge in [-0.1, -0.05) is 0 Å². The third-order valence-corrected chi connectivity index (χ3v) is 10.5. The number of fused-ring (bicyclic) bond motifs is 8. The Morgan fingerprint density at radius 3 is 2.17 bits per heavy atom. The predicted molar refractivity (Wildman–Crippen MR) is 155 cm³/mol. The van der Waals surface area contributed by atoms with Gasteiger partial charge in [0.1, 0.15) is 0 Å². The van der Waals surface area contributed by atoms with E-state index in [1.54, 1.807) is 12.1 Å². The van der Waals surface area contributed by atoms with Gasteiger partial charge in [-0.3, -0.25) is 24.1 Å². The zero-order chi connectivity index (χ0) is 31.9. The molecule has 6 aliphatic rings. The number of amides is 3. The van der Waals surface area contributed by atoms with Crippen LogP contribution in [0.2, 0.25) is 0 Å². The monoisotopic (exact) mass is 634 g/mol. The summed E-state index contributed by atoms with van der Waals surface area (Å²) in [5.41, 5.74) is 2.15. The Hall–Kier alpha value is -4.52. The summed E-state index contributed by atoms with van der Waals surface area (Å²) >= 11 is 0. The van der Waals surface area contributed by atoms with Crippen LogP contribution in [0, 0.1) is 23.7 Å². The van der Waals surface area contributed by atoms with Crippen molar-refractivity contribution < 1.29 is 52.7 Å². The van der Waals surface area contributed by atoms with Gasteiger partial charge in [0.2, 0.25) is 30.3 Å². The minimum Gasteiger partial charge on any atom is -0.502 e. The van der Waals surface area contributed by atoms with Crippen molar-refractivity contribution in [1.29, 1.82) is 0 Å². The number of aromatic hydroxyl groups is 1. The number of nitrogens with one attached hydrogen (secondary N) is 1. The highest BCUT2D eigenvalue weighted by Gasteiger charge is 2.62. The van der Waals surface area contributed by atoms with Crippen LogP contribution in [0.4, 0.5) is 0 Å². The van der Waals surface area contributed by atoms with Crippen molar-refractivity contribution in [1.82, 2.24) is 10.2 Å². The fourth-order valence-corrected chi connectivity index (χ4v) is 8.48. The van der Waals surface area contributed by atoms with Crippen LogP contribution in [0.15, 0.2) is 24.3 Å². The number of esters is 1. The van der Waals surface area contributed by atoms with E-state index in [1.165, 1.54) is 19.1 Å². The number of nitrogens with zero attached hydrogens (tertiary/aromatic N) is 1. The predicted octanol–water partition coefficient (Wildman–Crippen LogP) is 2.17. The second-order valence-corrected chi connectivity index (χ2v) is 12.7. The molecule has 2 bridgehead atoms. The molecule has 0 radical (unpaired) electrons. The molecule has 2 aromatic rings. The lowest BCUT2D eigenvalue weighted by molar-refractivity contribution is -0.143. The Kier molecular flexibility index (Phi) is 6.78. The number of phenols is 1. The first-order valence-electron chi connectivity index (χ1n) is 15.6. The largest absolute Gasteiger partial charge is 0.502 e. The summed E-state index contributed by atoms with van der Waals surface area (Å²) in [7, 11) is 2.87. The molecule has 46 heavy (non-hydrogen) atoms. The molecular weight excluding hydrogens is 600 g/mol. The summed E-state index contributed by atoms with van der Waals surface area (Å²) in [4.78, 5) is 54.2. The highest BCUT2D eigenvalue weighted by Crippen LogP contribution is 2.55. The fourth-order valence-electron chi connectivity index (χ4n) is 8.48. The number of ether oxygens (including phenoxy) is 6. The molecule has 0 aromatic heterocycles. The normalized spacial score (nSPS) is 31.4. The lowest BCUT2D eigenvalue weighted by atomic mass is 9.65. The number of rotatable bonds is 8. The van der Waals surface area contributed by atoms with Gasteiger partial charge in [-0.15, -0.1) is 0 Å². The summed E-state index contributed by atoms with van der Waals surface area (Å²) in [6, 6.07) is 6.41. The SMILES string of the molecule is COc1cc([C@@H]2c3cc4c(cc3[C@@H](NC(=O)CCCN3C(=O)C5C6CCC(O6)C5C3=O)[C@H]3COC(=O)[C@H]23)OCO4)cc(OC)c1O. The molecule has 0 saturated carbocycles. The van der Waals surface area contributed by atoms with Crippen molar-refractivity contribution in [2.45, 2.75) is 49.9 Å². The van der Waals surface area contributed by atoms with Crippen LogP contribution < -0.4 is 24.3 Å². The standard InChI is InChI=1S/C33H34N2O11/c1-41-22-8-14(9-23(42-2)30(22)37)25-15-10-20-21(45-13-44-20)11-16(15)29(17-12-43-33(40)26(17)25)34-24(36)4-3-7-35-31(38)27-18-5-6-19(46-18)28(27)32(35)39/h8-11,17-19,25-29,37H,3-7,12-13H2,1-2H3,(H,34,36)/t17-,18?,19?,25+,26-,27?,28?,29+/m0/s1. The molecule has 3 amide bonds. The van der Waals surface area contributed by atoms with Gasteiger partial charge in [0.05, 0.1) is 56.8 Å². The quantitative estimate of drug-likeness (QED) is 0.324. The second kappa shape index (κ2) is 10.8. The zero-order valence-electron chi connectivity index (χ0n) is 25.4. The van der Waals surface area contributed by atoms with E-state index in [2.05, 4.69) is 5.32 Å². The molecular formula is C33H34N2O11. The molecule has 0 spiro atoms. The molecule has 4 fully saturated rings. The number of benzene rings is 2. The number of carbonyl (C=O) groups is 4. The fraction of sp³-hybridized carbons (Fsp3) is 0.515. The van der Waals surface area contributed by atoms with E-state index in [4.69, 9.17) is 28.4 Å². The zero-order valence-corrected chi connectivity index (χ0v) is 25.4. The van der Waals surface area contributed by atoms with Crippen molar-refractivity contribution in [3.05, 3.63) is 41.0 Å². The molecule has 5 aliphatic heterocycles. The van der Waals surface area contributed by atoms with E-state index in [0.29, 0.717) is 23.5 Å². The Morgan fingerprint density at radius 2 is 1.54 bits per heavy atom. The van der Waals surface area contributed by atoms with E-state index in [-0.39, 0.29) is 73.5 Å². The molecule has 2 aromatic carbocycles. The van der Waals surface area contributed by atoms with Gasteiger partial charge in [0.15, 0.2) is 23.0 Å². The third-order valence-electron chi connectivity index (χ3n) is 10.5. The van der Waals surface area contributed by atoms with E-state index >= 15 is 0 Å². The maximum absolute atomic E-state index is 13.5. The van der Waals surface area contributed by atoms with Crippen LogP contribution in [-0.2, 0) is 28.7 Å². The number of phenolic OH excluding ortho intramolecular Hbond substituents is 1. The van der Waals surface area contributed by atoms with Crippen molar-refractivity contribution in [2.75, 3.05) is 34.2 Å². The van der Waals surface area contributed by atoms with Crippen molar-refractivity contribution in [2.24, 2.45) is 23.7 Å². The maximum atomic E-state index is 13.5. The minimum absolute atomic E-state index is 0.0406. The summed E-state index contributed by atoms with van der Waals surface area (Å²) in [6.07, 6.45) is 1.62. The third kappa shape index (κ3) is 4.24. The van der Waals surface area contributed by atoms with Gasteiger partial charge < -0.3 is 38.8 Å². The van der Waals surface area contributed by atoms with Crippen LogP contribution in [-0.4, -0.2) is 80.1 Å². The summed E-state index contributed by atoms with van der Waals surface area (Å²) in [5.74, 6) is -2.24. The van der Waals surface area contributed by atoms with Crippen LogP contribution in [0.5, 0.6) is 28.7 Å². The average Bonchev–Trinajstić information content (AvgIpc) is 3.89. The highest BCUT2D eigenvalue weighted by atomic mass is 16.7. The first kappa shape index (κ1) is 28.9. The second-order valence-electron chi connectivity index (χ2n) is 12.7. The van der Waals surface area contributed by atoms with Gasteiger partial charge in [0.25, 0.3) is 0 Å². The lowest BCUT2D eigenvalue weighted by Crippen LogP contribution is -2.43. The molecule has 4 saturated heterocycles. The molecule has 1 aliphatic carbocycles. The van der Waals surface area contributed by atoms with E-state index in [0.717, 1.165) is 24.0 Å². The van der Waals surface area contributed by atoms with Gasteiger partial charge in [-0.2, -0.15) is 0 Å². The average molecular weight is 635 g/mol. The Labute approximate surface area is 264 Å². The molecule has 8 rings (SSSR count). The van der Waals surface area contributed by atoms with Gasteiger partial charge in [-0.05, 0) is 60.2 Å². The summed E-state index contributed by atoms with van der Waals surface area (Å²) < 4.78 is 33.6. The van der Waals surface area contributed by atoms with Crippen LogP contribution in [0.3, 0.4) is 0 Å². The van der Waals surface area contributed by atoms with E-state index in [9.17, 15) is 24.3 Å². The van der Waals surface area contributed by atoms with Crippen LogP contribution >= 0.6 is 0 Å². The number of carbonyl (C=O) groups excluding carboxylic acids is 4. The van der Waals surface area contributed by atoms with Gasteiger partial charge >= 0.3 is 5.97 Å². The van der Waals surface area contributed by atoms with Crippen molar-refractivity contribution >= 4 is 23.7 Å². The summed E-state index contributed by atoms with van der Waals surface area (Å²) in [5, 5.41) is 13.7. The van der Waals surface area contributed by atoms with Crippen molar-refractivity contribution in [3.63, 3.8) is 0 Å². The molecule has 13 heteroatoms. The number of hydrogen-bond donors (Lipinski definition) is 2. The van der Waals surface area contributed by atoms with Crippen LogP contribution in [0.1, 0.15) is 54.3 Å². The van der Waals surface area contributed by atoms with Gasteiger partial charge in [0, 0.05) is 24.8 Å². The number of cyclic esters (lactones) is 1. The number of methoxy groups -OCH3 is 2. The lowest BCUT2D eigenvalue weighted by Gasteiger charge is -2.39. The number of hydrogen-bond acceptors (Lipinski definition) is 11. The van der Waals surface area contributed by atoms with E-state index in [1.807, 2.05) is 12.1 Å². The topological polar surface area (TPSA) is 159 Å².